The van der Waals surface area contributed by atoms with E-state index in [4.69, 9.17) is 4.74 Å². The van der Waals surface area contributed by atoms with E-state index in [1.807, 2.05) is 12.1 Å². The van der Waals surface area contributed by atoms with Gasteiger partial charge >= 0.3 is 5.97 Å². The zero-order chi connectivity index (χ0) is 16.8. The minimum absolute atomic E-state index is 0.198. The molecular formula is C22H26O2. The third kappa shape index (κ3) is 3.87. The zero-order valence-corrected chi connectivity index (χ0v) is 14.5. The maximum atomic E-state index is 12.3. The van der Waals surface area contributed by atoms with E-state index >= 15 is 0 Å². The fourth-order valence-corrected chi connectivity index (χ4v) is 3.38. The Morgan fingerprint density at radius 3 is 2.54 bits per heavy atom. The van der Waals surface area contributed by atoms with Gasteiger partial charge in [0.1, 0.15) is 0 Å². The molecule has 0 atom stereocenters. The van der Waals surface area contributed by atoms with Crippen molar-refractivity contribution < 1.29 is 9.53 Å². The van der Waals surface area contributed by atoms with Crippen LogP contribution in [0.25, 0.3) is 11.1 Å². The normalized spacial score (nSPS) is 11.9. The number of benzene rings is 2. The van der Waals surface area contributed by atoms with Crippen molar-refractivity contribution in [3.05, 3.63) is 59.2 Å². The number of unbranched alkanes of at least 4 members (excludes halogenated alkanes) is 5. The Morgan fingerprint density at radius 1 is 0.917 bits per heavy atom. The van der Waals surface area contributed by atoms with Crippen molar-refractivity contribution in [3.8, 4) is 11.1 Å². The van der Waals surface area contributed by atoms with Crippen molar-refractivity contribution >= 4 is 5.97 Å². The van der Waals surface area contributed by atoms with Gasteiger partial charge in [0.05, 0.1) is 12.2 Å². The molecule has 0 unspecified atom stereocenters. The molecule has 0 radical (unpaired) electrons. The van der Waals surface area contributed by atoms with Crippen LogP contribution in [-0.2, 0) is 11.2 Å². The van der Waals surface area contributed by atoms with Crippen molar-refractivity contribution in [2.45, 2.75) is 51.9 Å². The van der Waals surface area contributed by atoms with Crippen LogP contribution >= 0.6 is 0 Å². The third-order valence-electron chi connectivity index (χ3n) is 4.77. The van der Waals surface area contributed by atoms with Crippen LogP contribution in [0.2, 0.25) is 0 Å². The molecule has 2 aromatic carbocycles. The summed E-state index contributed by atoms with van der Waals surface area (Å²) in [4.78, 5) is 12.3. The summed E-state index contributed by atoms with van der Waals surface area (Å²) in [5.74, 6) is -0.198. The number of fused-ring (bicyclic) bond motifs is 3. The second-order valence-electron chi connectivity index (χ2n) is 6.61. The lowest BCUT2D eigenvalue weighted by Crippen LogP contribution is -2.06. The van der Waals surface area contributed by atoms with E-state index in [1.54, 1.807) is 0 Å². The van der Waals surface area contributed by atoms with E-state index in [9.17, 15) is 4.79 Å². The van der Waals surface area contributed by atoms with E-state index in [0.29, 0.717) is 12.2 Å². The van der Waals surface area contributed by atoms with Gasteiger partial charge < -0.3 is 4.74 Å². The van der Waals surface area contributed by atoms with Gasteiger partial charge in [0.25, 0.3) is 0 Å². The number of carbonyl (C=O) groups is 1. The van der Waals surface area contributed by atoms with Crippen LogP contribution < -0.4 is 0 Å². The van der Waals surface area contributed by atoms with Crippen LogP contribution in [0.5, 0.6) is 0 Å². The van der Waals surface area contributed by atoms with Crippen molar-refractivity contribution in [2.24, 2.45) is 0 Å². The number of esters is 1. The Morgan fingerprint density at radius 2 is 1.67 bits per heavy atom. The quantitative estimate of drug-likeness (QED) is 0.388. The SMILES string of the molecule is CCCCCCCCOC(=O)c1ccc2c(c1)-c1ccccc1C2. The van der Waals surface area contributed by atoms with Gasteiger partial charge in [0.15, 0.2) is 0 Å². The van der Waals surface area contributed by atoms with Crippen molar-refractivity contribution in [2.75, 3.05) is 6.61 Å². The van der Waals surface area contributed by atoms with Crippen molar-refractivity contribution in [3.63, 3.8) is 0 Å². The lowest BCUT2D eigenvalue weighted by atomic mass is 10.0. The molecule has 1 aliphatic rings. The van der Waals surface area contributed by atoms with Crippen LogP contribution in [0.4, 0.5) is 0 Å². The molecule has 0 saturated heterocycles. The number of rotatable bonds is 8. The summed E-state index contributed by atoms with van der Waals surface area (Å²) in [5, 5.41) is 0. The molecule has 0 aliphatic heterocycles. The maximum Gasteiger partial charge on any atom is 0.338 e. The van der Waals surface area contributed by atoms with E-state index in [2.05, 4.69) is 37.3 Å². The van der Waals surface area contributed by atoms with Crippen LogP contribution in [0.1, 0.15) is 66.9 Å². The first-order valence-electron chi connectivity index (χ1n) is 9.18. The summed E-state index contributed by atoms with van der Waals surface area (Å²) in [7, 11) is 0. The Labute approximate surface area is 144 Å². The number of hydrogen-bond donors (Lipinski definition) is 0. The second-order valence-corrected chi connectivity index (χ2v) is 6.61. The number of carbonyl (C=O) groups excluding carboxylic acids is 1. The molecule has 0 N–H and O–H groups in total. The molecule has 0 aromatic heterocycles. The number of hydrogen-bond acceptors (Lipinski definition) is 2. The zero-order valence-electron chi connectivity index (χ0n) is 14.5. The first-order chi connectivity index (χ1) is 11.8. The van der Waals surface area contributed by atoms with E-state index in [-0.39, 0.29) is 5.97 Å². The molecule has 24 heavy (non-hydrogen) atoms. The van der Waals surface area contributed by atoms with E-state index in [0.717, 1.165) is 19.3 Å². The molecule has 0 fully saturated rings. The first kappa shape index (κ1) is 16.8. The summed E-state index contributed by atoms with van der Waals surface area (Å²) in [6.07, 6.45) is 8.15. The average molecular weight is 322 g/mol. The van der Waals surface area contributed by atoms with Gasteiger partial charge in [-0.1, -0.05) is 69.4 Å². The monoisotopic (exact) mass is 322 g/mol. The Kier molecular flexibility index (Phi) is 5.68. The standard InChI is InChI=1S/C22H26O2/c1-2-3-4-5-6-9-14-24-22(23)19-13-12-18-15-17-10-7-8-11-20(17)21(18)16-19/h7-8,10-13,16H,2-6,9,14-15H2,1H3. The molecular weight excluding hydrogens is 296 g/mol. The molecule has 0 saturated carbocycles. The lowest BCUT2D eigenvalue weighted by molar-refractivity contribution is 0.0497. The third-order valence-corrected chi connectivity index (χ3v) is 4.77. The Bertz CT molecular complexity index is 703. The fourth-order valence-electron chi connectivity index (χ4n) is 3.38. The summed E-state index contributed by atoms with van der Waals surface area (Å²) in [5.41, 5.74) is 5.72. The Balaban J connectivity index is 1.54. The largest absolute Gasteiger partial charge is 0.462 e. The lowest BCUT2D eigenvalue weighted by Gasteiger charge is -2.07. The Hall–Kier alpha value is -2.09. The molecule has 3 rings (SSSR count). The molecule has 2 heteroatoms. The highest BCUT2D eigenvalue weighted by Crippen LogP contribution is 2.36. The minimum atomic E-state index is -0.198. The average Bonchev–Trinajstić information content (AvgIpc) is 2.98. The predicted molar refractivity (Wildman–Crippen MR) is 98.3 cm³/mol. The summed E-state index contributed by atoms with van der Waals surface area (Å²) >= 11 is 0. The number of ether oxygens (including phenoxy) is 1. The van der Waals surface area contributed by atoms with Crippen molar-refractivity contribution in [1.29, 1.82) is 0 Å². The van der Waals surface area contributed by atoms with Gasteiger partial charge in [-0.2, -0.15) is 0 Å². The molecule has 0 spiro atoms. The van der Waals surface area contributed by atoms with Gasteiger partial charge in [0.2, 0.25) is 0 Å². The van der Waals surface area contributed by atoms with Gasteiger partial charge in [0, 0.05) is 0 Å². The molecule has 0 bridgehead atoms. The van der Waals surface area contributed by atoms with E-state index in [1.165, 1.54) is 47.9 Å². The van der Waals surface area contributed by atoms with Crippen molar-refractivity contribution in [1.82, 2.24) is 0 Å². The molecule has 0 heterocycles. The smallest absolute Gasteiger partial charge is 0.338 e. The minimum Gasteiger partial charge on any atom is -0.462 e. The van der Waals surface area contributed by atoms with Gasteiger partial charge in [-0.05, 0) is 47.2 Å². The van der Waals surface area contributed by atoms with Gasteiger partial charge in [-0.15, -0.1) is 0 Å². The highest BCUT2D eigenvalue weighted by atomic mass is 16.5. The van der Waals surface area contributed by atoms with Gasteiger partial charge in [-0.25, -0.2) is 4.79 Å². The highest BCUT2D eigenvalue weighted by molar-refractivity contribution is 5.92. The summed E-state index contributed by atoms with van der Waals surface area (Å²) in [6, 6.07) is 14.4. The molecule has 2 nitrogen and oxygen atoms in total. The van der Waals surface area contributed by atoms with E-state index < -0.39 is 0 Å². The summed E-state index contributed by atoms with van der Waals surface area (Å²) < 4.78 is 5.44. The second kappa shape index (κ2) is 8.14. The van der Waals surface area contributed by atoms with Crippen LogP contribution in [-0.4, -0.2) is 12.6 Å². The molecule has 0 amide bonds. The molecule has 126 valence electrons. The van der Waals surface area contributed by atoms with Crippen LogP contribution in [0.3, 0.4) is 0 Å². The first-order valence-corrected chi connectivity index (χ1v) is 9.18. The van der Waals surface area contributed by atoms with Crippen LogP contribution in [0, 0.1) is 0 Å². The van der Waals surface area contributed by atoms with Gasteiger partial charge in [-0.3, -0.25) is 0 Å². The summed E-state index contributed by atoms with van der Waals surface area (Å²) in [6.45, 7) is 2.75. The predicted octanol–water partition coefficient (Wildman–Crippen LogP) is 5.78. The van der Waals surface area contributed by atoms with Crippen LogP contribution in [0.15, 0.2) is 42.5 Å². The topological polar surface area (TPSA) is 26.3 Å². The molecule has 1 aliphatic carbocycles. The fraction of sp³-hybridized carbons (Fsp3) is 0.409. The molecule has 2 aromatic rings. The highest BCUT2D eigenvalue weighted by Gasteiger charge is 2.19. The maximum absolute atomic E-state index is 12.3.